The molecule has 0 radical (unpaired) electrons. The molecule has 0 atom stereocenters. The van der Waals surface area contributed by atoms with Gasteiger partial charge in [-0.2, -0.15) is 5.26 Å². The first-order valence-corrected chi connectivity index (χ1v) is 22.0. The van der Waals surface area contributed by atoms with Crippen molar-refractivity contribution in [3.05, 3.63) is 59.7 Å². The number of nitrogens with one attached hydrogen (secondary N) is 1. The van der Waals surface area contributed by atoms with Gasteiger partial charge in [-0.15, -0.1) is 11.6 Å². The number of halogens is 1. The summed E-state index contributed by atoms with van der Waals surface area (Å²) in [6, 6.07) is 16.8. The second-order valence-electron chi connectivity index (χ2n) is 10.4. The Labute approximate surface area is 402 Å². The quantitative estimate of drug-likeness (QED) is 0.0481. The Morgan fingerprint density at radius 3 is 1.50 bits per heavy atom. The topological polar surface area (TPSA) is 157 Å². The zero-order chi connectivity index (χ0) is 37.6. The van der Waals surface area contributed by atoms with Crippen LogP contribution in [0, 0.1) is 25.2 Å². The Balaban J connectivity index is -0.000000144. The van der Waals surface area contributed by atoms with Crippen molar-refractivity contribution < 1.29 is 136 Å². The van der Waals surface area contributed by atoms with Gasteiger partial charge in [0.1, 0.15) is 0 Å². The van der Waals surface area contributed by atoms with Crippen molar-refractivity contribution in [2.24, 2.45) is 0 Å². The van der Waals surface area contributed by atoms with Crippen LogP contribution in [0.4, 0.5) is 0 Å². The third kappa shape index (κ3) is 35.2. The molecule has 1 N–H and O–H groups in total. The molecule has 0 saturated heterocycles. The normalized spacial score (nSPS) is 10.2. The van der Waals surface area contributed by atoms with Gasteiger partial charge in [0, 0.05) is 36.4 Å². The van der Waals surface area contributed by atoms with E-state index >= 15 is 0 Å². The van der Waals surface area contributed by atoms with Crippen LogP contribution in [-0.2, 0) is 27.4 Å². The average Bonchev–Trinajstić information content (AvgIpc) is 3.02. The van der Waals surface area contributed by atoms with Crippen molar-refractivity contribution in [1.82, 2.24) is 10.2 Å². The summed E-state index contributed by atoms with van der Waals surface area (Å²) in [6.07, 6.45) is 1.60. The van der Waals surface area contributed by atoms with E-state index in [1.165, 1.54) is 6.92 Å². The van der Waals surface area contributed by atoms with Gasteiger partial charge in [-0.3, -0.25) is 4.79 Å². The molecule has 0 spiro atoms. The molecule has 50 heavy (non-hydrogen) atoms. The number of benzene rings is 2. The van der Waals surface area contributed by atoms with Gasteiger partial charge in [-0.05, 0) is 106 Å². The maximum Gasteiger partial charge on any atom is 1.00 e. The van der Waals surface area contributed by atoms with Crippen molar-refractivity contribution in [3.8, 4) is 6.07 Å². The Hall–Kier alpha value is 1.44. The van der Waals surface area contributed by atoms with Gasteiger partial charge in [0.2, 0.25) is 17.7 Å². The van der Waals surface area contributed by atoms with E-state index in [9.17, 15) is 16.8 Å². The predicted molar refractivity (Wildman–Crippen MR) is 202 cm³/mol. The zero-order valence-corrected chi connectivity index (χ0v) is 42.0. The van der Waals surface area contributed by atoms with Gasteiger partial charge in [-0.1, -0.05) is 63.1 Å². The van der Waals surface area contributed by atoms with Crippen LogP contribution < -0.4 is 113 Å². The van der Waals surface area contributed by atoms with E-state index in [1.807, 2.05) is 26.0 Å². The van der Waals surface area contributed by atoms with Crippen LogP contribution in [0.3, 0.4) is 0 Å². The number of hydrogen-bond acceptors (Lipinski definition) is 12. The molecule has 0 aliphatic rings. The summed E-state index contributed by atoms with van der Waals surface area (Å²) < 4.78 is 47.8. The molecule has 0 aromatic heterocycles. The van der Waals surface area contributed by atoms with Gasteiger partial charge >= 0.3 is 103 Å². The summed E-state index contributed by atoms with van der Waals surface area (Å²) in [6.45, 7) is 21.0. The number of alkyl halides is 1. The number of aryl methyl sites for hydroxylation is 2. The largest absolute Gasteiger partial charge is 1.00 e. The van der Waals surface area contributed by atoms with Crippen molar-refractivity contribution in [2.45, 2.75) is 97.0 Å². The van der Waals surface area contributed by atoms with Gasteiger partial charge < -0.3 is 21.8 Å². The van der Waals surface area contributed by atoms with Crippen LogP contribution in [0.15, 0.2) is 58.3 Å². The molecule has 17 heteroatoms. The Kier molecular flexibility index (Phi) is 47.0. The molecule has 10 nitrogen and oxygen atoms in total. The molecule has 0 amide bonds. The first-order valence-electron chi connectivity index (χ1n) is 15.5. The summed E-state index contributed by atoms with van der Waals surface area (Å²) in [4.78, 5) is 14.4. The second kappa shape index (κ2) is 38.7. The summed E-state index contributed by atoms with van der Waals surface area (Å²) in [5.41, 5.74) is 2.13. The van der Waals surface area contributed by atoms with Gasteiger partial charge in [-0.25, -0.2) is 16.8 Å². The maximum atomic E-state index is 12.1. The minimum Gasteiger partial charge on any atom is -1.00 e. The third-order valence-corrected chi connectivity index (χ3v) is 13.3. The summed E-state index contributed by atoms with van der Waals surface area (Å²) in [5, 5.41) is 19.0. The van der Waals surface area contributed by atoms with Crippen LogP contribution in [0.1, 0.15) is 73.9 Å². The summed E-state index contributed by atoms with van der Waals surface area (Å²) in [7, 11) is -4.40. The van der Waals surface area contributed by atoms with E-state index in [4.69, 9.17) is 26.9 Å². The average molecular weight is 849 g/mol. The second-order valence-corrected chi connectivity index (χ2v) is 18.9. The predicted octanol–water partition coefficient (Wildman–Crippen LogP) is 0.673. The van der Waals surface area contributed by atoms with Crippen LogP contribution >= 0.6 is 33.2 Å². The van der Waals surface area contributed by atoms with E-state index in [-0.39, 0.29) is 111 Å². The molecule has 0 aliphatic heterocycles. The van der Waals surface area contributed by atoms with Crippen LogP contribution in [-0.4, -0.2) is 77.3 Å². The molecule has 2 rings (SSSR count). The van der Waals surface area contributed by atoms with Gasteiger partial charge in [0.25, 0.3) is 6.47 Å². The third-order valence-electron chi connectivity index (χ3n) is 5.75. The molecule has 0 fully saturated rings. The van der Waals surface area contributed by atoms with Crippen LogP contribution in [0.25, 0.3) is 0 Å². The molecule has 2 aromatic carbocycles. The number of nitrogens with zero attached hydrogens (tertiary/aromatic N) is 2. The van der Waals surface area contributed by atoms with Gasteiger partial charge in [0.05, 0.1) is 15.9 Å². The van der Waals surface area contributed by atoms with E-state index < -0.39 is 17.7 Å². The Morgan fingerprint density at radius 1 is 0.900 bits per heavy atom. The smallest absolute Gasteiger partial charge is 1.00 e. The SMILES string of the molecule is CC#N.CCN(CCCSS(=O)(=O)c1ccc(C)cc1)C(C)C.CCNC(C)C.Cc1ccc(S(=O)(=O)SCCCCl)cc1.O=CO[O-].[H-].[K+].[K+]. The molecule has 0 heterocycles. The molecular weight excluding hydrogens is 792 g/mol. The minimum atomic E-state index is -3.20. The number of rotatable bonds is 16. The molecule has 0 unspecified atom stereocenters. The number of nitriles is 1. The molecule has 2 aromatic rings. The first-order chi connectivity index (χ1) is 22.5. The van der Waals surface area contributed by atoms with Crippen LogP contribution in [0.2, 0.25) is 0 Å². The van der Waals surface area contributed by atoms with E-state index in [0.717, 1.165) is 58.8 Å². The van der Waals surface area contributed by atoms with Crippen LogP contribution in [0.5, 0.6) is 0 Å². The van der Waals surface area contributed by atoms with Crippen molar-refractivity contribution in [3.63, 3.8) is 0 Å². The monoisotopic (exact) mass is 847 g/mol. The fourth-order valence-electron chi connectivity index (χ4n) is 3.40. The minimum absolute atomic E-state index is 0. The number of hydrogen-bond donors (Lipinski definition) is 1. The standard InChI is InChI=1S/C15H25NO2S2.C10H13ClO2S2.C5H13N.C2H3N.CH2O3.2K.H/c1-5-16(13(2)3)11-6-12-19-20(17,18)15-9-7-14(4)8-10-15;1-9-3-5-10(6-4-9)15(12,13)14-8-2-7-11;1-4-6-5(2)3;1-2-3;2-1-4-3;;;/h7-10,13H,5-6,11-12H2,1-4H3;3-6H,2,7-8H2,1H3;5-6H,4H2,1-3H3;1H3;1,3H;;;/q;;;;;2*+1;-1/p-1. The van der Waals surface area contributed by atoms with Crippen molar-refractivity contribution in [1.29, 1.82) is 5.26 Å². The molecule has 0 saturated carbocycles. The number of carbonyl (C=O) groups is 1. The fraction of sp³-hybridized carbons (Fsp3) is 0.576. The number of carbonyl (C=O) groups excluding carboxylic acids is 1. The first kappa shape index (κ1) is 60.7. The summed E-state index contributed by atoms with van der Waals surface area (Å²) >= 11 is 5.49. The summed E-state index contributed by atoms with van der Waals surface area (Å²) in [5.74, 6) is 1.68. The molecular formula is C33H56ClK2N3O7S4. The van der Waals surface area contributed by atoms with Gasteiger partial charge in [0.15, 0.2) is 0 Å². The molecule has 278 valence electrons. The Morgan fingerprint density at radius 2 is 1.26 bits per heavy atom. The van der Waals surface area contributed by atoms with E-state index in [1.54, 1.807) is 42.5 Å². The fourth-order valence-corrected chi connectivity index (χ4v) is 9.35. The van der Waals surface area contributed by atoms with E-state index in [2.05, 4.69) is 56.6 Å². The molecule has 0 aliphatic carbocycles. The molecule has 0 bridgehead atoms. The van der Waals surface area contributed by atoms with Crippen molar-refractivity contribution >= 4 is 57.4 Å². The Bertz CT molecular complexity index is 1340. The van der Waals surface area contributed by atoms with Crippen molar-refractivity contribution in [2.75, 3.05) is 37.0 Å². The zero-order valence-electron chi connectivity index (χ0n) is 32.8. The van der Waals surface area contributed by atoms with E-state index in [0.29, 0.717) is 45.7 Å². The maximum absolute atomic E-state index is 12.1.